The van der Waals surface area contributed by atoms with Crippen molar-refractivity contribution in [2.24, 2.45) is 0 Å². The second-order valence-electron chi connectivity index (χ2n) is 4.76. The lowest BCUT2D eigenvalue weighted by molar-refractivity contribution is -0.458. The number of allylic oxidation sites excluding steroid dienone is 1. The molecule has 0 unspecified atom stereocenters. The fourth-order valence-electron chi connectivity index (χ4n) is 2.05. The highest BCUT2D eigenvalue weighted by Gasteiger charge is 2.17. The monoisotopic (exact) mass is 314 g/mol. The highest BCUT2D eigenvalue weighted by atomic mass is 35.5. The van der Waals surface area contributed by atoms with Gasteiger partial charge in [-0.05, 0) is 5.56 Å². The van der Waals surface area contributed by atoms with Gasteiger partial charge in [-0.3, -0.25) is 0 Å². The average Bonchev–Trinajstić information content (AvgIpc) is 2.46. The van der Waals surface area contributed by atoms with Gasteiger partial charge in [0.1, 0.15) is 19.3 Å². The lowest BCUT2D eigenvalue weighted by Gasteiger charge is -2.28. The molecule has 0 radical (unpaired) electrons. The molecule has 0 atom stereocenters. The van der Waals surface area contributed by atoms with Gasteiger partial charge in [0.25, 0.3) is 0 Å². The normalized spacial score (nSPS) is 16.1. The summed E-state index contributed by atoms with van der Waals surface area (Å²) in [6.45, 7) is 3.16. The molecule has 0 saturated carbocycles. The van der Waals surface area contributed by atoms with E-state index in [1.165, 1.54) is 0 Å². The molecule has 1 saturated heterocycles. The SMILES string of the molecule is C[N+](C)=C/C(=C(\Cl)N1CCOCC1)c1ccccc1.[Cl-]. The van der Waals surface area contributed by atoms with E-state index in [-0.39, 0.29) is 12.4 Å². The van der Waals surface area contributed by atoms with E-state index in [9.17, 15) is 0 Å². The number of halogens is 2. The van der Waals surface area contributed by atoms with Crippen molar-refractivity contribution in [3.8, 4) is 0 Å². The summed E-state index contributed by atoms with van der Waals surface area (Å²) >= 11 is 6.60. The molecule has 1 aromatic carbocycles. The van der Waals surface area contributed by atoms with Crippen LogP contribution in [0.2, 0.25) is 0 Å². The van der Waals surface area contributed by atoms with Gasteiger partial charge in [0.15, 0.2) is 6.21 Å². The van der Waals surface area contributed by atoms with E-state index in [2.05, 4.69) is 23.2 Å². The van der Waals surface area contributed by atoms with E-state index in [0.29, 0.717) is 0 Å². The van der Waals surface area contributed by atoms with Crippen molar-refractivity contribution < 1.29 is 21.7 Å². The van der Waals surface area contributed by atoms with Crippen LogP contribution in [0.25, 0.3) is 5.57 Å². The van der Waals surface area contributed by atoms with Gasteiger partial charge >= 0.3 is 0 Å². The smallest absolute Gasteiger partial charge is 0.173 e. The third-order valence-corrected chi connectivity index (χ3v) is 3.43. The zero-order valence-electron chi connectivity index (χ0n) is 11.9. The Hall–Kier alpha value is -1.03. The Morgan fingerprint density at radius 2 is 1.80 bits per heavy atom. The summed E-state index contributed by atoms with van der Waals surface area (Å²) in [4.78, 5) is 2.17. The van der Waals surface area contributed by atoms with Gasteiger partial charge < -0.3 is 22.0 Å². The van der Waals surface area contributed by atoms with Crippen LogP contribution in [0.15, 0.2) is 35.5 Å². The van der Waals surface area contributed by atoms with Gasteiger partial charge in [0, 0.05) is 13.1 Å². The van der Waals surface area contributed by atoms with Crippen LogP contribution in [0.3, 0.4) is 0 Å². The Bertz CT molecular complexity index is 476. The molecule has 0 aromatic heterocycles. The van der Waals surface area contributed by atoms with Crippen molar-refractivity contribution in [1.29, 1.82) is 0 Å². The summed E-state index contributed by atoms with van der Waals surface area (Å²) in [6, 6.07) is 10.2. The predicted octanol–water partition coefficient (Wildman–Crippen LogP) is -0.727. The first kappa shape index (κ1) is 17.0. The number of ether oxygens (including phenoxy) is 1. The molecule has 0 aliphatic carbocycles. The number of hydrogen-bond donors (Lipinski definition) is 0. The molecule has 5 heteroatoms. The van der Waals surface area contributed by atoms with E-state index in [1.807, 2.05) is 36.9 Å². The molecule has 0 amide bonds. The zero-order chi connectivity index (χ0) is 13.7. The van der Waals surface area contributed by atoms with Crippen molar-refractivity contribution in [1.82, 2.24) is 4.90 Å². The number of benzene rings is 1. The lowest BCUT2D eigenvalue weighted by Crippen LogP contribution is -3.00. The molecule has 0 spiro atoms. The van der Waals surface area contributed by atoms with E-state index in [4.69, 9.17) is 16.3 Å². The number of nitrogens with zero attached hydrogens (tertiary/aromatic N) is 2. The maximum absolute atomic E-state index is 6.60. The van der Waals surface area contributed by atoms with Gasteiger partial charge in [-0.15, -0.1) is 0 Å². The van der Waals surface area contributed by atoms with Gasteiger partial charge in [0.05, 0.1) is 18.8 Å². The molecular formula is C15H20Cl2N2O. The standard InChI is InChI=1S/C15H20ClN2O.ClH/c1-17(2)12-14(13-6-4-3-5-7-13)15(16)18-8-10-19-11-9-18;/h3-7,12H,8-11H2,1-2H3;1H/q+1;/p-1. The molecule has 1 aliphatic heterocycles. The molecular weight excluding hydrogens is 295 g/mol. The maximum atomic E-state index is 6.60. The van der Waals surface area contributed by atoms with Crippen LogP contribution in [-0.2, 0) is 4.74 Å². The van der Waals surface area contributed by atoms with Crippen LogP contribution in [0.1, 0.15) is 5.56 Å². The Balaban J connectivity index is 0.00000200. The highest BCUT2D eigenvalue weighted by molar-refractivity contribution is 6.36. The van der Waals surface area contributed by atoms with Gasteiger partial charge in [0.2, 0.25) is 0 Å². The molecule has 1 fully saturated rings. The molecule has 1 heterocycles. The number of rotatable bonds is 3. The van der Waals surface area contributed by atoms with Crippen LogP contribution in [0.5, 0.6) is 0 Å². The summed E-state index contributed by atoms with van der Waals surface area (Å²) in [5.41, 5.74) is 2.18. The average molecular weight is 315 g/mol. The Morgan fingerprint density at radius 1 is 1.20 bits per heavy atom. The lowest BCUT2D eigenvalue weighted by atomic mass is 10.1. The fraction of sp³-hybridized carbons (Fsp3) is 0.400. The second kappa shape index (κ2) is 8.30. The quantitative estimate of drug-likeness (QED) is 0.415. The Kier molecular flexibility index (Phi) is 7.06. The second-order valence-corrected chi connectivity index (χ2v) is 5.12. The van der Waals surface area contributed by atoms with Gasteiger partial charge in [-0.25, -0.2) is 4.58 Å². The van der Waals surface area contributed by atoms with E-state index in [0.717, 1.165) is 42.6 Å². The Morgan fingerprint density at radius 3 is 2.35 bits per heavy atom. The minimum atomic E-state index is 0. The van der Waals surface area contributed by atoms with Gasteiger partial charge in [-0.2, -0.15) is 0 Å². The first-order chi connectivity index (χ1) is 9.18. The van der Waals surface area contributed by atoms with E-state index >= 15 is 0 Å². The summed E-state index contributed by atoms with van der Waals surface area (Å²) in [5, 5.41) is 0.795. The summed E-state index contributed by atoms with van der Waals surface area (Å²) < 4.78 is 7.39. The topological polar surface area (TPSA) is 15.5 Å². The first-order valence-corrected chi connectivity index (χ1v) is 6.85. The third-order valence-electron chi connectivity index (χ3n) is 2.98. The van der Waals surface area contributed by atoms with Crippen molar-refractivity contribution in [2.45, 2.75) is 0 Å². The summed E-state index contributed by atoms with van der Waals surface area (Å²) in [6.07, 6.45) is 2.06. The molecule has 1 aliphatic rings. The van der Waals surface area contributed by atoms with Crippen molar-refractivity contribution in [3.63, 3.8) is 0 Å². The minimum absolute atomic E-state index is 0. The van der Waals surface area contributed by atoms with Crippen molar-refractivity contribution in [3.05, 3.63) is 41.1 Å². The largest absolute Gasteiger partial charge is 1.00 e. The molecule has 0 N–H and O–H groups in total. The molecule has 20 heavy (non-hydrogen) atoms. The zero-order valence-corrected chi connectivity index (χ0v) is 13.4. The molecule has 0 bridgehead atoms. The summed E-state index contributed by atoms with van der Waals surface area (Å²) in [7, 11) is 4.01. The van der Waals surface area contributed by atoms with E-state index in [1.54, 1.807) is 0 Å². The Labute approximate surface area is 131 Å². The number of morpholine rings is 1. The van der Waals surface area contributed by atoms with Crippen LogP contribution < -0.4 is 12.4 Å². The maximum Gasteiger partial charge on any atom is 0.173 e. The number of hydrogen-bond acceptors (Lipinski definition) is 2. The summed E-state index contributed by atoms with van der Waals surface area (Å²) in [5.74, 6) is 0. The van der Waals surface area contributed by atoms with Crippen LogP contribution in [-0.4, -0.2) is 56.1 Å². The van der Waals surface area contributed by atoms with Crippen LogP contribution in [0, 0.1) is 0 Å². The predicted molar refractivity (Wildman–Crippen MR) is 79.8 cm³/mol. The molecule has 3 nitrogen and oxygen atoms in total. The third kappa shape index (κ3) is 4.51. The minimum Gasteiger partial charge on any atom is -1.00 e. The van der Waals surface area contributed by atoms with E-state index < -0.39 is 0 Å². The highest BCUT2D eigenvalue weighted by Crippen LogP contribution is 2.23. The van der Waals surface area contributed by atoms with Crippen LogP contribution >= 0.6 is 11.6 Å². The van der Waals surface area contributed by atoms with Crippen LogP contribution in [0.4, 0.5) is 0 Å². The fourth-order valence-corrected chi connectivity index (χ4v) is 2.38. The molecule has 110 valence electrons. The molecule has 2 rings (SSSR count). The molecule has 1 aromatic rings. The van der Waals surface area contributed by atoms with Gasteiger partial charge in [-0.1, -0.05) is 41.9 Å². The van der Waals surface area contributed by atoms with Crippen molar-refractivity contribution in [2.75, 3.05) is 40.4 Å². The first-order valence-electron chi connectivity index (χ1n) is 6.47. The van der Waals surface area contributed by atoms with Crippen molar-refractivity contribution >= 4 is 23.4 Å².